The van der Waals surface area contributed by atoms with Crippen molar-refractivity contribution in [2.24, 2.45) is 5.92 Å². The first-order valence-electron chi connectivity index (χ1n) is 7.28. The van der Waals surface area contributed by atoms with Crippen LogP contribution in [0.1, 0.15) is 52.9 Å². The van der Waals surface area contributed by atoms with Crippen molar-refractivity contribution in [3.63, 3.8) is 0 Å². The summed E-state index contributed by atoms with van der Waals surface area (Å²) in [5.41, 5.74) is 0. The molecule has 0 aromatic heterocycles. The van der Waals surface area contributed by atoms with Crippen molar-refractivity contribution < 1.29 is 14.7 Å². The number of hydrogen-bond donors (Lipinski definition) is 2. The molecular weight excluding hydrogens is 244 g/mol. The Labute approximate surface area is 115 Å². The highest BCUT2D eigenvalue weighted by atomic mass is 16.4. The van der Waals surface area contributed by atoms with Crippen LogP contribution in [0.4, 0.5) is 4.79 Å². The highest BCUT2D eigenvalue weighted by Crippen LogP contribution is 2.27. The molecule has 2 N–H and O–H groups in total. The average molecular weight is 270 g/mol. The summed E-state index contributed by atoms with van der Waals surface area (Å²) in [6.07, 6.45) is 4.08. The molecular formula is C14H26N2O3. The standard InChI is InChI=1S/C14H26N2O3/c1-4-11(5-2)10(3)15-14(19)16(12-6-7-12)9-8-13(17)18/h10-12H,4-9H2,1-3H3,(H,15,19)(H,17,18). The first kappa shape index (κ1) is 15.8. The van der Waals surface area contributed by atoms with E-state index < -0.39 is 5.97 Å². The van der Waals surface area contributed by atoms with Crippen molar-refractivity contribution >= 4 is 12.0 Å². The largest absolute Gasteiger partial charge is 0.481 e. The van der Waals surface area contributed by atoms with Crippen molar-refractivity contribution in [1.29, 1.82) is 0 Å². The maximum absolute atomic E-state index is 12.2. The number of aliphatic carboxylic acids is 1. The van der Waals surface area contributed by atoms with E-state index in [9.17, 15) is 9.59 Å². The Hall–Kier alpha value is -1.26. The molecule has 0 heterocycles. The van der Waals surface area contributed by atoms with Gasteiger partial charge in [0.25, 0.3) is 0 Å². The molecule has 1 aliphatic rings. The van der Waals surface area contributed by atoms with Crippen LogP contribution in [0.25, 0.3) is 0 Å². The van der Waals surface area contributed by atoms with Crippen LogP contribution in [0.5, 0.6) is 0 Å². The van der Waals surface area contributed by atoms with Crippen molar-refractivity contribution in [3.05, 3.63) is 0 Å². The average Bonchev–Trinajstić information content (AvgIpc) is 3.14. The smallest absolute Gasteiger partial charge is 0.317 e. The van der Waals surface area contributed by atoms with Crippen LogP contribution >= 0.6 is 0 Å². The van der Waals surface area contributed by atoms with Gasteiger partial charge in [0, 0.05) is 18.6 Å². The summed E-state index contributed by atoms with van der Waals surface area (Å²) in [5, 5.41) is 11.8. The lowest BCUT2D eigenvalue weighted by atomic mass is 9.96. The fourth-order valence-corrected chi connectivity index (χ4v) is 2.44. The number of urea groups is 1. The van der Waals surface area contributed by atoms with Gasteiger partial charge in [0.15, 0.2) is 0 Å². The number of carboxylic acids is 1. The van der Waals surface area contributed by atoms with E-state index in [0.29, 0.717) is 12.5 Å². The molecule has 0 radical (unpaired) electrons. The number of carbonyl (C=O) groups excluding carboxylic acids is 1. The zero-order valence-electron chi connectivity index (χ0n) is 12.2. The predicted molar refractivity (Wildman–Crippen MR) is 74.0 cm³/mol. The molecule has 0 spiro atoms. The Morgan fingerprint density at radius 3 is 2.32 bits per heavy atom. The third-order valence-electron chi connectivity index (χ3n) is 3.92. The SMILES string of the molecule is CCC(CC)C(C)NC(=O)N(CCC(=O)O)C1CC1. The van der Waals surface area contributed by atoms with E-state index in [-0.39, 0.29) is 24.5 Å². The molecule has 5 heteroatoms. The van der Waals surface area contributed by atoms with E-state index in [4.69, 9.17) is 5.11 Å². The zero-order chi connectivity index (χ0) is 14.4. The van der Waals surface area contributed by atoms with Gasteiger partial charge < -0.3 is 15.3 Å². The lowest BCUT2D eigenvalue weighted by molar-refractivity contribution is -0.137. The third kappa shape index (κ3) is 5.09. The number of carboxylic acid groups (broad SMARTS) is 1. The number of amides is 2. The number of rotatable bonds is 8. The number of carbonyl (C=O) groups is 2. The second-order valence-corrected chi connectivity index (χ2v) is 5.38. The van der Waals surface area contributed by atoms with Crippen LogP contribution in [-0.2, 0) is 4.79 Å². The molecule has 0 bridgehead atoms. The second kappa shape index (κ2) is 7.36. The molecule has 2 amide bonds. The molecule has 1 unspecified atom stereocenters. The van der Waals surface area contributed by atoms with Gasteiger partial charge in [-0.15, -0.1) is 0 Å². The summed E-state index contributed by atoms with van der Waals surface area (Å²) < 4.78 is 0. The van der Waals surface area contributed by atoms with Crippen molar-refractivity contribution in [2.75, 3.05) is 6.54 Å². The van der Waals surface area contributed by atoms with Gasteiger partial charge in [0.1, 0.15) is 0 Å². The Bertz CT molecular complexity index is 312. The van der Waals surface area contributed by atoms with Crippen LogP contribution in [0.2, 0.25) is 0 Å². The van der Waals surface area contributed by atoms with Gasteiger partial charge in [0.05, 0.1) is 6.42 Å². The highest BCUT2D eigenvalue weighted by Gasteiger charge is 2.33. The molecule has 0 aromatic rings. The molecule has 1 rings (SSSR count). The zero-order valence-corrected chi connectivity index (χ0v) is 12.2. The second-order valence-electron chi connectivity index (χ2n) is 5.38. The van der Waals surface area contributed by atoms with Crippen LogP contribution in [0.3, 0.4) is 0 Å². The van der Waals surface area contributed by atoms with Gasteiger partial charge in [-0.05, 0) is 25.7 Å². The molecule has 110 valence electrons. The van der Waals surface area contributed by atoms with Crippen molar-refractivity contribution in [3.8, 4) is 0 Å². The molecule has 0 aromatic carbocycles. The molecule has 0 saturated heterocycles. The Balaban J connectivity index is 2.49. The minimum atomic E-state index is -0.855. The van der Waals surface area contributed by atoms with Crippen molar-refractivity contribution in [1.82, 2.24) is 10.2 Å². The number of nitrogens with zero attached hydrogens (tertiary/aromatic N) is 1. The maximum Gasteiger partial charge on any atom is 0.317 e. The Morgan fingerprint density at radius 2 is 1.89 bits per heavy atom. The summed E-state index contributed by atoms with van der Waals surface area (Å²) in [4.78, 5) is 24.5. The van der Waals surface area contributed by atoms with Crippen LogP contribution in [-0.4, -0.2) is 40.6 Å². The molecule has 19 heavy (non-hydrogen) atoms. The summed E-state index contributed by atoms with van der Waals surface area (Å²) >= 11 is 0. The van der Waals surface area contributed by atoms with Crippen LogP contribution < -0.4 is 5.32 Å². The summed E-state index contributed by atoms with van der Waals surface area (Å²) in [7, 11) is 0. The Kier molecular flexibility index (Phi) is 6.12. The van der Waals surface area contributed by atoms with Gasteiger partial charge >= 0.3 is 12.0 Å². The van der Waals surface area contributed by atoms with Gasteiger partial charge in [-0.1, -0.05) is 26.7 Å². The van der Waals surface area contributed by atoms with Gasteiger partial charge in [-0.2, -0.15) is 0 Å². The first-order valence-corrected chi connectivity index (χ1v) is 7.28. The van der Waals surface area contributed by atoms with E-state index in [2.05, 4.69) is 19.2 Å². The molecule has 1 aliphatic carbocycles. The first-order chi connectivity index (χ1) is 8.99. The topological polar surface area (TPSA) is 69.6 Å². The highest BCUT2D eigenvalue weighted by molar-refractivity contribution is 5.76. The van der Waals surface area contributed by atoms with Crippen LogP contribution in [0, 0.1) is 5.92 Å². The van der Waals surface area contributed by atoms with Gasteiger partial charge in [-0.25, -0.2) is 4.79 Å². The van der Waals surface area contributed by atoms with E-state index in [1.807, 2.05) is 6.92 Å². The molecule has 1 atom stereocenters. The maximum atomic E-state index is 12.2. The van der Waals surface area contributed by atoms with Gasteiger partial charge in [0.2, 0.25) is 0 Å². The molecule has 1 saturated carbocycles. The van der Waals surface area contributed by atoms with E-state index in [1.165, 1.54) is 0 Å². The third-order valence-corrected chi connectivity index (χ3v) is 3.92. The Morgan fingerprint density at radius 1 is 1.32 bits per heavy atom. The minimum absolute atomic E-state index is 0.0171. The van der Waals surface area contributed by atoms with Gasteiger partial charge in [-0.3, -0.25) is 4.79 Å². The monoisotopic (exact) mass is 270 g/mol. The molecule has 0 aliphatic heterocycles. The van der Waals surface area contributed by atoms with Crippen molar-refractivity contribution in [2.45, 2.75) is 65.0 Å². The quantitative estimate of drug-likeness (QED) is 0.712. The molecule has 5 nitrogen and oxygen atoms in total. The van der Waals surface area contributed by atoms with E-state index in [1.54, 1.807) is 4.90 Å². The normalized spacial score (nSPS) is 16.2. The lowest BCUT2D eigenvalue weighted by Gasteiger charge is -2.28. The van der Waals surface area contributed by atoms with Crippen LogP contribution in [0.15, 0.2) is 0 Å². The predicted octanol–water partition coefficient (Wildman–Crippen LogP) is 2.46. The summed E-state index contributed by atoms with van der Waals surface area (Å²) in [6, 6.07) is 0.269. The molecule has 1 fully saturated rings. The number of hydrogen-bond acceptors (Lipinski definition) is 2. The number of nitrogens with one attached hydrogen (secondary N) is 1. The summed E-state index contributed by atoms with van der Waals surface area (Å²) in [5.74, 6) is -0.379. The van der Waals surface area contributed by atoms with E-state index >= 15 is 0 Å². The lowest BCUT2D eigenvalue weighted by Crippen LogP contribution is -2.47. The fourth-order valence-electron chi connectivity index (χ4n) is 2.44. The summed E-state index contributed by atoms with van der Waals surface area (Å²) in [6.45, 7) is 6.58. The fraction of sp³-hybridized carbons (Fsp3) is 0.857. The van der Waals surface area contributed by atoms with E-state index in [0.717, 1.165) is 25.7 Å². The minimum Gasteiger partial charge on any atom is -0.481 e.